The van der Waals surface area contributed by atoms with Crippen molar-refractivity contribution >= 4 is 22.6 Å². The highest BCUT2D eigenvalue weighted by molar-refractivity contribution is 6.03. The number of carbonyl (C=O) groups excluding carboxylic acids is 1. The molecule has 0 bridgehead atoms. The molecule has 2 aromatic carbocycles. The van der Waals surface area contributed by atoms with Crippen LogP contribution in [0.4, 0.5) is 19.0 Å². The Labute approximate surface area is 209 Å². The normalized spacial score (nSPS) is 12.0. The van der Waals surface area contributed by atoms with Gasteiger partial charge in [0.2, 0.25) is 5.91 Å². The van der Waals surface area contributed by atoms with Crippen molar-refractivity contribution in [3.05, 3.63) is 106 Å². The second-order valence-corrected chi connectivity index (χ2v) is 8.72. The summed E-state index contributed by atoms with van der Waals surface area (Å²) >= 11 is 0. The van der Waals surface area contributed by atoms with Crippen molar-refractivity contribution in [2.24, 2.45) is 7.05 Å². The molecule has 5 aromatic rings. The molecule has 0 fully saturated rings. The summed E-state index contributed by atoms with van der Waals surface area (Å²) in [5, 5.41) is 3.08. The first-order valence-electron chi connectivity index (χ1n) is 11.4. The van der Waals surface area contributed by atoms with E-state index in [9.17, 15) is 22.8 Å². The van der Waals surface area contributed by atoms with E-state index in [4.69, 9.17) is 0 Å². The Morgan fingerprint density at radius 3 is 2.46 bits per heavy atom. The Kier molecular flexibility index (Phi) is 6.12. The lowest BCUT2D eigenvalue weighted by Crippen LogP contribution is -2.19. The molecular weight excluding hydrogens is 481 g/mol. The SMILES string of the molecule is CC(C(=O)Nc1cc(-c2[nH]c3ccn(C)c(=O)c3c2-c2ccc(F)c(F)c2)ccn1)c1ccc(F)cc1. The number of pyridine rings is 2. The van der Waals surface area contributed by atoms with E-state index in [0.29, 0.717) is 38.9 Å². The third-order valence-corrected chi connectivity index (χ3v) is 6.30. The highest BCUT2D eigenvalue weighted by Gasteiger charge is 2.21. The summed E-state index contributed by atoms with van der Waals surface area (Å²) in [5.74, 6) is -3.09. The number of aromatic nitrogens is 3. The number of halogens is 3. The topological polar surface area (TPSA) is 79.8 Å². The molecule has 0 saturated carbocycles. The predicted octanol–water partition coefficient (Wildman–Crippen LogP) is 5.76. The number of hydrogen-bond donors (Lipinski definition) is 2. The zero-order chi connectivity index (χ0) is 26.3. The lowest BCUT2D eigenvalue weighted by Gasteiger charge is -2.13. The summed E-state index contributed by atoms with van der Waals surface area (Å²) in [5.41, 5.74) is 2.61. The molecule has 0 radical (unpaired) electrons. The van der Waals surface area contributed by atoms with Gasteiger partial charge in [0, 0.05) is 30.6 Å². The number of fused-ring (bicyclic) bond motifs is 1. The van der Waals surface area contributed by atoms with E-state index in [1.54, 1.807) is 50.5 Å². The highest BCUT2D eigenvalue weighted by Crippen LogP contribution is 2.37. The fourth-order valence-corrected chi connectivity index (χ4v) is 4.25. The van der Waals surface area contributed by atoms with Crippen molar-refractivity contribution in [1.82, 2.24) is 14.5 Å². The molecule has 37 heavy (non-hydrogen) atoms. The third kappa shape index (κ3) is 4.51. The van der Waals surface area contributed by atoms with E-state index < -0.39 is 23.4 Å². The fraction of sp³-hybridized carbons (Fsp3) is 0.107. The van der Waals surface area contributed by atoms with Gasteiger partial charge < -0.3 is 14.9 Å². The fourth-order valence-electron chi connectivity index (χ4n) is 4.25. The zero-order valence-corrected chi connectivity index (χ0v) is 19.9. The van der Waals surface area contributed by atoms with E-state index in [0.717, 1.165) is 12.1 Å². The molecule has 6 nitrogen and oxygen atoms in total. The van der Waals surface area contributed by atoms with Gasteiger partial charge in [0.05, 0.1) is 22.5 Å². The maximum atomic E-state index is 14.2. The Morgan fingerprint density at radius 1 is 0.973 bits per heavy atom. The van der Waals surface area contributed by atoms with E-state index in [-0.39, 0.29) is 17.3 Å². The van der Waals surface area contributed by atoms with E-state index in [1.807, 2.05) is 0 Å². The van der Waals surface area contributed by atoms with Crippen LogP contribution >= 0.6 is 0 Å². The molecule has 0 aliphatic rings. The van der Waals surface area contributed by atoms with Gasteiger partial charge in [-0.05, 0) is 60.5 Å². The van der Waals surface area contributed by atoms with Gasteiger partial charge in [0.25, 0.3) is 5.56 Å². The van der Waals surface area contributed by atoms with Crippen molar-refractivity contribution in [3.8, 4) is 22.4 Å². The lowest BCUT2D eigenvalue weighted by atomic mass is 9.99. The monoisotopic (exact) mass is 502 g/mol. The summed E-state index contributed by atoms with van der Waals surface area (Å²) in [4.78, 5) is 33.3. The molecule has 5 rings (SSSR count). The summed E-state index contributed by atoms with van der Waals surface area (Å²) in [6.07, 6.45) is 3.10. The van der Waals surface area contributed by atoms with E-state index in [1.165, 1.54) is 29.0 Å². The first-order valence-corrected chi connectivity index (χ1v) is 11.4. The minimum Gasteiger partial charge on any atom is -0.354 e. The van der Waals surface area contributed by atoms with Gasteiger partial charge in [-0.15, -0.1) is 0 Å². The number of amides is 1. The number of nitrogens with zero attached hydrogens (tertiary/aromatic N) is 2. The summed E-state index contributed by atoms with van der Waals surface area (Å²) in [7, 11) is 1.60. The molecule has 1 amide bonds. The molecule has 0 aliphatic carbocycles. The summed E-state index contributed by atoms with van der Waals surface area (Å²) < 4.78 is 42.5. The lowest BCUT2D eigenvalue weighted by molar-refractivity contribution is -0.117. The van der Waals surface area contributed by atoms with Crippen LogP contribution in [0.5, 0.6) is 0 Å². The quantitative estimate of drug-likeness (QED) is 0.321. The van der Waals surface area contributed by atoms with Crippen LogP contribution in [0.15, 0.2) is 77.9 Å². The average molecular weight is 502 g/mol. The van der Waals surface area contributed by atoms with Crippen molar-refractivity contribution < 1.29 is 18.0 Å². The number of H-pyrrole nitrogens is 1. The van der Waals surface area contributed by atoms with Crippen LogP contribution in [0.2, 0.25) is 0 Å². The Balaban J connectivity index is 1.58. The van der Waals surface area contributed by atoms with Crippen LogP contribution in [0.25, 0.3) is 33.3 Å². The molecule has 1 unspecified atom stereocenters. The number of benzene rings is 2. The number of rotatable bonds is 5. The highest BCUT2D eigenvalue weighted by atomic mass is 19.2. The first-order chi connectivity index (χ1) is 17.7. The standard InChI is InChI=1S/C28H21F3N4O2/c1-15(16-3-6-19(29)7-4-16)27(36)34-23-14-18(9-11-32-23)26-24(17-5-8-20(30)21(31)13-17)25-22(33-26)10-12-35(2)28(25)37/h3-15,33H,1-2H3,(H,32,34,36). The van der Waals surface area contributed by atoms with Crippen LogP contribution in [-0.2, 0) is 11.8 Å². The van der Waals surface area contributed by atoms with Gasteiger partial charge in [-0.2, -0.15) is 0 Å². The molecule has 3 heterocycles. The van der Waals surface area contributed by atoms with Crippen molar-refractivity contribution in [2.45, 2.75) is 12.8 Å². The Hall–Kier alpha value is -4.66. The maximum Gasteiger partial charge on any atom is 0.260 e. The Morgan fingerprint density at radius 2 is 1.73 bits per heavy atom. The smallest absolute Gasteiger partial charge is 0.260 e. The van der Waals surface area contributed by atoms with Gasteiger partial charge in [-0.25, -0.2) is 18.2 Å². The van der Waals surface area contributed by atoms with Crippen LogP contribution in [0.1, 0.15) is 18.4 Å². The van der Waals surface area contributed by atoms with Crippen LogP contribution in [0.3, 0.4) is 0 Å². The number of hydrogen-bond acceptors (Lipinski definition) is 3. The second-order valence-electron chi connectivity index (χ2n) is 8.72. The number of nitrogens with one attached hydrogen (secondary N) is 2. The summed E-state index contributed by atoms with van der Waals surface area (Å²) in [6.45, 7) is 1.70. The van der Waals surface area contributed by atoms with Crippen LogP contribution < -0.4 is 10.9 Å². The molecule has 9 heteroatoms. The van der Waals surface area contributed by atoms with Crippen molar-refractivity contribution in [1.29, 1.82) is 0 Å². The van der Waals surface area contributed by atoms with Crippen molar-refractivity contribution in [2.75, 3.05) is 5.32 Å². The van der Waals surface area contributed by atoms with E-state index >= 15 is 0 Å². The maximum absolute atomic E-state index is 14.2. The first kappa shape index (κ1) is 24.1. The molecule has 1 atom stereocenters. The minimum atomic E-state index is -1.04. The molecule has 0 spiro atoms. The van der Waals surface area contributed by atoms with Gasteiger partial charge in [0.15, 0.2) is 11.6 Å². The van der Waals surface area contributed by atoms with Crippen molar-refractivity contribution in [3.63, 3.8) is 0 Å². The number of carbonyl (C=O) groups is 1. The van der Waals surface area contributed by atoms with Crippen LogP contribution in [-0.4, -0.2) is 20.4 Å². The Bertz CT molecular complexity index is 1710. The van der Waals surface area contributed by atoms with Gasteiger partial charge >= 0.3 is 0 Å². The van der Waals surface area contributed by atoms with Gasteiger partial charge in [-0.3, -0.25) is 9.59 Å². The minimum absolute atomic E-state index is 0.249. The van der Waals surface area contributed by atoms with E-state index in [2.05, 4.69) is 15.3 Å². The number of aromatic amines is 1. The molecule has 2 N–H and O–H groups in total. The molecule has 3 aromatic heterocycles. The summed E-state index contributed by atoms with van der Waals surface area (Å²) in [6, 6.07) is 14.1. The number of anilines is 1. The molecular formula is C28H21F3N4O2. The molecule has 186 valence electrons. The van der Waals surface area contributed by atoms with Gasteiger partial charge in [0.1, 0.15) is 11.6 Å². The zero-order valence-electron chi connectivity index (χ0n) is 19.9. The largest absolute Gasteiger partial charge is 0.354 e. The predicted molar refractivity (Wildman–Crippen MR) is 136 cm³/mol. The van der Waals surface area contributed by atoms with Crippen LogP contribution in [0, 0.1) is 17.5 Å². The average Bonchev–Trinajstić information content (AvgIpc) is 3.28. The van der Waals surface area contributed by atoms with Gasteiger partial charge in [-0.1, -0.05) is 18.2 Å². The third-order valence-electron chi connectivity index (χ3n) is 6.30. The molecule has 0 saturated heterocycles. The molecule has 0 aliphatic heterocycles. The number of aryl methyl sites for hydroxylation is 1. The second kappa shape index (κ2) is 9.42.